The van der Waals surface area contributed by atoms with E-state index in [1.807, 2.05) is 4.90 Å². The van der Waals surface area contributed by atoms with Crippen LogP contribution in [0, 0.1) is 11.8 Å². The summed E-state index contributed by atoms with van der Waals surface area (Å²) in [4.78, 5) is 25.8. The third-order valence-electron chi connectivity index (χ3n) is 4.29. The van der Waals surface area contributed by atoms with Gasteiger partial charge in [0.15, 0.2) is 0 Å². The van der Waals surface area contributed by atoms with Gasteiger partial charge in [-0.2, -0.15) is 0 Å². The molecule has 3 aliphatic rings. The molecular formula is C14H22N2O3. The average molecular weight is 266 g/mol. The van der Waals surface area contributed by atoms with Crippen molar-refractivity contribution in [3.8, 4) is 0 Å². The maximum atomic E-state index is 12.0. The number of rotatable bonds is 5. The minimum atomic E-state index is -0.160. The van der Waals surface area contributed by atoms with E-state index in [1.165, 1.54) is 12.8 Å². The fourth-order valence-corrected chi connectivity index (χ4v) is 2.90. The summed E-state index contributed by atoms with van der Waals surface area (Å²) in [5.74, 6) is 0.691. The minimum absolute atomic E-state index is 0.0159. The van der Waals surface area contributed by atoms with Crippen LogP contribution < -0.4 is 5.32 Å². The van der Waals surface area contributed by atoms with Crippen LogP contribution in [0.15, 0.2) is 0 Å². The molecule has 0 spiro atoms. The monoisotopic (exact) mass is 266 g/mol. The predicted molar refractivity (Wildman–Crippen MR) is 69.4 cm³/mol. The molecule has 0 aromatic heterocycles. The molecule has 2 unspecified atom stereocenters. The van der Waals surface area contributed by atoms with E-state index in [4.69, 9.17) is 4.74 Å². The molecule has 5 heteroatoms. The second kappa shape index (κ2) is 5.49. The van der Waals surface area contributed by atoms with E-state index in [0.29, 0.717) is 25.4 Å². The van der Waals surface area contributed by atoms with E-state index in [0.717, 1.165) is 26.0 Å². The molecule has 0 radical (unpaired) electrons. The molecule has 0 bridgehead atoms. The summed E-state index contributed by atoms with van der Waals surface area (Å²) in [6.07, 6.45) is 5.13. The molecule has 5 nitrogen and oxygen atoms in total. The van der Waals surface area contributed by atoms with Gasteiger partial charge < -0.3 is 15.0 Å². The summed E-state index contributed by atoms with van der Waals surface area (Å²) in [6.45, 7) is 2.85. The Bertz CT molecular complexity index is 362. The number of amides is 2. The van der Waals surface area contributed by atoms with Gasteiger partial charge in [-0.3, -0.25) is 9.59 Å². The van der Waals surface area contributed by atoms with E-state index in [-0.39, 0.29) is 23.8 Å². The zero-order valence-electron chi connectivity index (χ0n) is 11.3. The predicted octanol–water partition coefficient (Wildman–Crippen LogP) is 0.540. The lowest BCUT2D eigenvalue weighted by Crippen LogP contribution is -2.37. The van der Waals surface area contributed by atoms with Crippen LogP contribution in [0.1, 0.15) is 32.1 Å². The van der Waals surface area contributed by atoms with Crippen LogP contribution >= 0.6 is 0 Å². The van der Waals surface area contributed by atoms with Gasteiger partial charge in [-0.1, -0.05) is 0 Å². The third-order valence-corrected chi connectivity index (χ3v) is 4.29. The largest absolute Gasteiger partial charge is 0.376 e. The maximum Gasteiger partial charge on any atom is 0.225 e. The van der Waals surface area contributed by atoms with Crippen molar-refractivity contribution in [2.45, 2.75) is 38.2 Å². The van der Waals surface area contributed by atoms with E-state index in [1.54, 1.807) is 0 Å². The number of carbonyl (C=O) groups excluding carboxylic acids is 2. The average Bonchev–Trinajstić information content (AvgIpc) is 2.91. The fourth-order valence-electron chi connectivity index (χ4n) is 2.90. The molecule has 1 aliphatic carbocycles. The summed E-state index contributed by atoms with van der Waals surface area (Å²) in [5.41, 5.74) is 0. The first-order valence-electron chi connectivity index (χ1n) is 7.39. The smallest absolute Gasteiger partial charge is 0.225 e. The van der Waals surface area contributed by atoms with Gasteiger partial charge in [0.2, 0.25) is 11.8 Å². The molecule has 19 heavy (non-hydrogen) atoms. The molecule has 2 saturated heterocycles. The zero-order valence-corrected chi connectivity index (χ0v) is 11.3. The van der Waals surface area contributed by atoms with Crippen molar-refractivity contribution in [3.63, 3.8) is 0 Å². The van der Waals surface area contributed by atoms with Crippen molar-refractivity contribution < 1.29 is 14.3 Å². The number of nitrogens with one attached hydrogen (secondary N) is 1. The summed E-state index contributed by atoms with van der Waals surface area (Å²) < 4.78 is 5.48. The maximum absolute atomic E-state index is 12.0. The topological polar surface area (TPSA) is 58.6 Å². The lowest BCUT2D eigenvalue weighted by Gasteiger charge is -2.16. The van der Waals surface area contributed by atoms with Crippen LogP contribution in [0.4, 0.5) is 0 Å². The van der Waals surface area contributed by atoms with Crippen LogP contribution in [-0.2, 0) is 14.3 Å². The summed E-state index contributed by atoms with van der Waals surface area (Å²) >= 11 is 0. The van der Waals surface area contributed by atoms with Gasteiger partial charge in [-0.15, -0.1) is 0 Å². The molecule has 0 aromatic carbocycles. The molecule has 0 aromatic rings. The Hall–Kier alpha value is -1.10. The Morgan fingerprint density at radius 3 is 2.89 bits per heavy atom. The highest BCUT2D eigenvalue weighted by Crippen LogP contribution is 2.32. The van der Waals surface area contributed by atoms with Gasteiger partial charge in [0.25, 0.3) is 0 Å². The molecule has 1 saturated carbocycles. The number of likely N-dealkylation sites (tertiary alicyclic amines) is 1. The van der Waals surface area contributed by atoms with Crippen LogP contribution in [0.2, 0.25) is 0 Å². The van der Waals surface area contributed by atoms with Gasteiger partial charge in [0.05, 0.1) is 12.0 Å². The van der Waals surface area contributed by atoms with Crippen LogP contribution in [0.25, 0.3) is 0 Å². The zero-order chi connectivity index (χ0) is 13.2. The first-order valence-corrected chi connectivity index (χ1v) is 7.39. The summed E-state index contributed by atoms with van der Waals surface area (Å²) in [7, 11) is 0. The lowest BCUT2D eigenvalue weighted by atomic mass is 10.1. The SMILES string of the molecule is O=C(NCC1CCCO1)C1CC(=O)N(CC2CC2)C1. The number of hydrogen-bond acceptors (Lipinski definition) is 3. The standard InChI is InChI=1S/C14H22N2O3/c17-13-6-11(9-16(13)8-10-3-4-10)14(18)15-7-12-2-1-5-19-12/h10-12H,1-9H2,(H,15,18). The van der Waals surface area contributed by atoms with Crippen molar-refractivity contribution in [1.82, 2.24) is 10.2 Å². The van der Waals surface area contributed by atoms with E-state index >= 15 is 0 Å². The quantitative estimate of drug-likeness (QED) is 0.790. The molecule has 2 aliphatic heterocycles. The van der Waals surface area contributed by atoms with E-state index < -0.39 is 0 Å². The van der Waals surface area contributed by atoms with Gasteiger partial charge in [0, 0.05) is 32.7 Å². The Balaban J connectivity index is 1.43. The number of nitrogens with zero attached hydrogens (tertiary/aromatic N) is 1. The third kappa shape index (κ3) is 3.26. The molecule has 106 valence electrons. The normalized spacial score (nSPS) is 30.9. The van der Waals surface area contributed by atoms with Crippen molar-refractivity contribution in [1.29, 1.82) is 0 Å². The minimum Gasteiger partial charge on any atom is -0.376 e. The molecular weight excluding hydrogens is 244 g/mol. The number of hydrogen-bond donors (Lipinski definition) is 1. The Kier molecular flexibility index (Phi) is 3.73. The molecule has 3 rings (SSSR count). The van der Waals surface area contributed by atoms with Crippen molar-refractivity contribution >= 4 is 11.8 Å². The highest BCUT2D eigenvalue weighted by atomic mass is 16.5. The van der Waals surface area contributed by atoms with E-state index in [9.17, 15) is 9.59 Å². The summed E-state index contributed by atoms with van der Waals surface area (Å²) in [6, 6.07) is 0. The Morgan fingerprint density at radius 1 is 1.37 bits per heavy atom. The first-order chi connectivity index (χ1) is 9.22. The van der Waals surface area contributed by atoms with E-state index in [2.05, 4.69) is 5.32 Å². The fraction of sp³-hybridized carbons (Fsp3) is 0.857. The van der Waals surface area contributed by atoms with Crippen molar-refractivity contribution in [2.24, 2.45) is 11.8 Å². The highest BCUT2D eigenvalue weighted by Gasteiger charge is 2.37. The van der Waals surface area contributed by atoms with Gasteiger partial charge >= 0.3 is 0 Å². The molecule has 2 atom stereocenters. The van der Waals surface area contributed by atoms with Gasteiger partial charge in [-0.25, -0.2) is 0 Å². The van der Waals surface area contributed by atoms with Gasteiger partial charge in [0.1, 0.15) is 0 Å². The number of carbonyl (C=O) groups is 2. The second-order valence-electron chi connectivity index (χ2n) is 6.02. The molecule has 1 N–H and O–H groups in total. The highest BCUT2D eigenvalue weighted by molar-refractivity contribution is 5.89. The molecule has 2 heterocycles. The van der Waals surface area contributed by atoms with Crippen LogP contribution in [0.5, 0.6) is 0 Å². The Labute approximate surface area is 113 Å². The first kappa shape index (κ1) is 12.9. The molecule has 2 amide bonds. The van der Waals surface area contributed by atoms with Crippen molar-refractivity contribution in [3.05, 3.63) is 0 Å². The van der Waals surface area contributed by atoms with Crippen LogP contribution in [-0.4, -0.2) is 49.1 Å². The van der Waals surface area contributed by atoms with Gasteiger partial charge in [-0.05, 0) is 31.6 Å². The second-order valence-corrected chi connectivity index (χ2v) is 6.02. The lowest BCUT2D eigenvalue weighted by molar-refractivity contribution is -0.129. The van der Waals surface area contributed by atoms with Crippen LogP contribution in [0.3, 0.4) is 0 Å². The summed E-state index contributed by atoms with van der Waals surface area (Å²) in [5, 5.41) is 2.93. The number of ether oxygens (including phenoxy) is 1. The van der Waals surface area contributed by atoms with Crippen molar-refractivity contribution in [2.75, 3.05) is 26.2 Å². The Morgan fingerprint density at radius 2 is 2.21 bits per heavy atom. The molecule has 3 fully saturated rings.